The van der Waals surface area contributed by atoms with E-state index in [1.165, 1.54) is 31.2 Å². The molecule has 0 amide bonds. The minimum atomic E-state index is 0.402. The molecule has 21 heavy (non-hydrogen) atoms. The minimum Gasteiger partial charge on any atom is -0.490 e. The van der Waals surface area contributed by atoms with Crippen LogP contribution in [0.25, 0.3) is 0 Å². The van der Waals surface area contributed by atoms with Gasteiger partial charge in [0.15, 0.2) is 0 Å². The van der Waals surface area contributed by atoms with Crippen molar-refractivity contribution in [3.8, 4) is 5.75 Å². The fraction of sp³-hybridized carbons (Fsp3) is 0.684. The molecule has 0 aromatic heterocycles. The molecule has 2 rings (SSSR count). The van der Waals surface area contributed by atoms with Gasteiger partial charge < -0.3 is 10.1 Å². The summed E-state index contributed by atoms with van der Waals surface area (Å²) < 4.78 is 6.16. The zero-order chi connectivity index (χ0) is 15.3. The molecule has 0 radical (unpaired) electrons. The lowest BCUT2D eigenvalue weighted by molar-refractivity contribution is 0.0987. The molecular weight excluding hydrogens is 258 g/mol. The normalized spacial score (nSPS) is 20.2. The second-order valence-electron chi connectivity index (χ2n) is 7.07. The van der Waals surface area contributed by atoms with Crippen molar-refractivity contribution in [2.24, 2.45) is 5.41 Å². The Hall–Kier alpha value is -1.02. The Labute approximate surface area is 130 Å². The molecule has 0 spiro atoms. The van der Waals surface area contributed by atoms with Crippen molar-refractivity contribution in [3.63, 3.8) is 0 Å². The Balaban J connectivity index is 1.90. The summed E-state index contributed by atoms with van der Waals surface area (Å²) in [6, 6.07) is 9.14. The summed E-state index contributed by atoms with van der Waals surface area (Å²) in [5.41, 5.74) is 1.86. The van der Waals surface area contributed by atoms with Crippen molar-refractivity contribution in [2.45, 2.75) is 71.9 Å². The zero-order valence-electron chi connectivity index (χ0n) is 14.1. The molecule has 118 valence electrons. The Morgan fingerprint density at radius 1 is 1.14 bits per heavy atom. The number of rotatable bonds is 6. The summed E-state index contributed by atoms with van der Waals surface area (Å²) in [7, 11) is 0. The molecule has 1 saturated carbocycles. The van der Waals surface area contributed by atoms with Crippen LogP contribution in [-0.2, 0) is 0 Å². The highest BCUT2D eigenvalue weighted by Crippen LogP contribution is 2.36. The van der Waals surface area contributed by atoms with Crippen LogP contribution in [0.4, 0.5) is 0 Å². The van der Waals surface area contributed by atoms with Crippen molar-refractivity contribution in [1.29, 1.82) is 0 Å². The average Bonchev–Trinajstić information content (AvgIpc) is 2.48. The van der Waals surface area contributed by atoms with Crippen LogP contribution < -0.4 is 10.1 Å². The van der Waals surface area contributed by atoms with Gasteiger partial charge in [-0.15, -0.1) is 0 Å². The zero-order valence-corrected chi connectivity index (χ0v) is 14.1. The van der Waals surface area contributed by atoms with Crippen molar-refractivity contribution in [1.82, 2.24) is 5.32 Å². The van der Waals surface area contributed by atoms with Crippen LogP contribution in [0.1, 0.15) is 71.4 Å². The topological polar surface area (TPSA) is 21.3 Å². The van der Waals surface area contributed by atoms with Crippen LogP contribution in [0.5, 0.6) is 5.75 Å². The first-order valence-corrected chi connectivity index (χ1v) is 8.54. The number of hydrogen-bond donors (Lipinski definition) is 1. The van der Waals surface area contributed by atoms with Crippen molar-refractivity contribution < 1.29 is 4.74 Å². The molecular formula is C19H31NO. The number of hydrogen-bond acceptors (Lipinski definition) is 2. The highest BCUT2D eigenvalue weighted by atomic mass is 16.5. The van der Waals surface area contributed by atoms with Crippen LogP contribution in [0, 0.1) is 5.41 Å². The van der Waals surface area contributed by atoms with Crippen LogP contribution in [0.2, 0.25) is 0 Å². The van der Waals surface area contributed by atoms with Gasteiger partial charge in [-0.25, -0.2) is 0 Å². The summed E-state index contributed by atoms with van der Waals surface area (Å²) in [5.74, 6) is 1.02. The van der Waals surface area contributed by atoms with E-state index < -0.39 is 0 Å². The van der Waals surface area contributed by atoms with E-state index in [1.54, 1.807) is 0 Å². The third-order valence-electron chi connectivity index (χ3n) is 4.73. The maximum Gasteiger partial charge on any atom is 0.119 e. The SMILES string of the molecule is CCNC(CC)c1ccc(OC2CCC(C)(C)CC2)cc1. The molecule has 0 aliphatic heterocycles. The molecule has 1 fully saturated rings. The maximum absolute atomic E-state index is 6.16. The Morgan fingerprint density at radius 2 is 1.76 bits per heavy atom. The largest absolute Gasteiger partial charge is 0.490 e. The molecule has 1 aliphatic rings. The first kappa shape index (κ1) is 16.4. The van der Waals surface area contributed by atoms with E-state index in [9.17, 15) is 0 Å². The van der Waals surface area contributed by atoms with Crippen LogP contribution in [0.15, 0.2) is 24.3 Å². The van der Waals surface area contributed by atoms with Gasteiger partial charge in [-0.1, -0.05) is 39.8 Å². The minimum absolute atomic E-state index is 0.402. The van der Waals surface area contributed by atoms with Gasteiger partial charge in [0.1, 0.15) is 5.75 Å². The average molecular weight is 289 g/mol. The first-order valence-electron chi connectivity index (χ1n) is 8.54. The lowest BCUT2D eigenvalue weighted by Gasteiger charge is -2.34. The fourth-order valence-corrected chi connectivity index (χ4v) is 3.21. The Bertz CT molecular complexity index is 414. The lowest BCUT2D eigenvalue weighted by Crippen LogP contribution is -2.28. The van der Waals surface area contributed by atoms with E-state index in [4.69, 9.17) is 4.74 Å². The summed E-state index contributed by atoms with van der Waals surface area (Å²) in [5, 5.41) is 3.52. The predicted octanol–water partition coefficient (Wildman–Crippen LogP) is 5.09. The number of ether oxygens (including phenoxy) is 1. The molecule has 2 nitrogen and oxygen atoms in total. The second-order valence-corrected chi connectivity index (χ2v) is 7.07. The summed E-state index contributed by atoms with van der Waals surface area (Å²) in [6.45, 7) is 10.1. The number of benzene rings is 1. The van der Waals surface area contributed by atoms with Crippen molar-refractivity contribution in [2.75, 3.05) is 6.54 Å². The first-order chi connectivity index (χ1) is 10.0. The third kappa shape index (κ3) is 4.74. The van der Waals surface area contributed by atoms with Crippen LogP contribution in [0.3, 0.4) is 0 Å². The smallest absolute Gasteiger partial charge is 0.119 e. The van der Waals surface area contributed by atoms with Gasteiger partial charge in [-0.05, 0) is 61.8 Å². The second kappa shape index (κ2) is 7.31. The molecule has 1 aliphatic carbocycles. The monoisotopic (exact) mass is 289 g/mol. The fourth-order valence-electron chi connectivity index (χ4n) is 3.21. The van der Waals surface area contributed by atoms with Gasteiger partial charge in [-0.2, -0.15) is 0 Å². The molecule has 1 N–H and O–H groups in total. The van der Waals surface area contributed by atoms with E-state index in [-0.39, 0.29) is 0 Å². The standard InChI is InChI=1S/C19H31NO/c1-5-18(20-6-2)15-7-9-16(10-8-15)21-17-11-13-19(3,4)14-12-17/h7-10,17-18,20H,5-6,11-14H2,1-4H3. The molecule has 1 aromatic carbocycles. The quantitative estimate of drug-likeness (QED) is 0.787. The van der Waals surface area contributed by atoms with Gasteiger partial charge in [0.05, 0.1) is 6.10 Å². The van der Waals surface area contributed by atoms with Crippen LogP contribution >= 0.6 is 0 Å². The van der Waals surface area contributed by atoms with E-state index >= 15 is 0 Å². The molecule has 1 atom stereocenters. The van der Waals surface area contributed by atoms with Crippen LogP contribution in [-0.4, -0.2) is 12.6 Å². The van der Waals surface area contributed by atoms with Crippen molar-refractivity contribution in [3.05, 3.63) is 29.8 Å². The molecule has 1 unspecified atom stereocenters. The number of nitrogens with one attached hydrogen (secondary N) is 1. The van der Waals surface area contributed by atoms with Gasteiger partial charge in [0.25, 0.3) is 0 Å². The molecule has 0 heterocycles. The summed E-state index contributed by atoms with van der Waals surface area (Å²) in [4.78, 5) is 0. The predicted molar refractivity (Wildman–Crippen MR) is 89.8 cm³/mol. The maximum atomic E-state index is 6.16. The lowest BCUT2D eigenvalue weighted by atomic mass is 9.76. The highest BCUT2D eigenvalue weighted by molar-refractivity contribution is 5.29. The van der Waals surface area contributed by atoms with Gasteiger partial charge in [-0.3, -0.25) is 0 Å². The molecule has 0 bridgehead atoms. The summed E-state index contributed by atoms with van der Waals surface area (Å²) >= 11 is 0. The van der Waals surface area contributed by atoms with E-state index in [1.807, 2.05) is 0 Å². The van der Waals surface area contributed by atoms with Gasteiger partial charge in [0.2, 0.25) is 0 Å². The third-order valence-corrected chi connectivity index (χ3v) is 4.73. The van der Waals surface area contributed by atoms with Gasteiger partial charge in [0, 0.05) is 6.04 Å². The molecule has 2 heteroatoms. The summed E-state index contributed by atoms with van der Waals surface area (Å²) in [6.07, 6.45) is 6.43. The molecule has 1 aromatic rings. The van der Waals surface area contributed by atoms with Crippen molar-refractivity contribution >= 4 is 0 Å². The Kier molecular flexibility index (Phi) is 5.69. The van der Waals surface area contributed by atoms with E-state index in [0.29, 0.717) is 17.6 Å². The van der Waals surface area contributed by atoms with E-state index in [0.717, 1.165) is 18.7 Å². The highest BCUT2D eigenvalue weighted by Gasteiger charge is 2.27. The van der Waals surface area contributed by atoms with Gasteiger partial charge >= 0.3 is 0 Å². The van der Waals surface area contributed by atoms with E-state index in [2.05, 4.69) is 57.3 Å². The Morgan fingerprint density at radius 3 is 2.29 bits per heavy atom. The molecule has 0 saturated heterocycles.